The van der Waals surface area contributed by atoms with Crippen LogP contribution in [0.4, 0.5) is 0 Å². The van der Waals surface area contributed by atoms with Crippen molar-refractivity contribution in [2.75, 3.05) is 5.75 Å². The van der Waals surface area contributed by atoms with Crippen LogP contribution in [-0.4, -0.2) is 34.0 Å². The van der Waals surface area contributed by atoms with E-state index in [-0.39, 0.29) is 18.0 Å². The first-order chi connectivity index (χ1) is 6.56. The summed E-state index contributed by atoms with van der Waals surface area (Å²) in [4.78, 5) is 11.5. The molecule has 2 unspecified atom stereocenters. The van der Waals surface area contributed by atoms with Gasteiger partial charge in [0, 0.05) is 11.7 Å². The number of ether oxygens (including phenoxy) is 1. The lowest BCUT2D eigenvalue weighted by atomic mass is 10.1. The summed E-state index contributed by atoms with van der Waals surface area (Å²) in [5, 5.41) is 11.5. The van der Waals surface area contributed by atoms with Crippen molar-refractivity contribution >= 4 is 23.4 Å². The molecule has 14 heavy (non-hydrogen) atoms. The Morgan fingerprint density at radius 1 is 1.71 bits per heavy atom. The summed E-state index contributed by atoms with van der Waals surface area (Å²) in [6.07, 6.45) is -0.126. The van der Waals surface area contributed by atoms with Crippen molar-refractivity contribution in [1.29, 1.82) is 0 Å². The second kappa shape index (κ2) is 4.68. The van der Waals surface area contributed by atoms with Gasteiger partial charge in [-0.25, -0.2) is 0 Å². The van der Waals surface area contributed by atoms with Gasteiger partial charge in [-0.1, -0.05) is 12.1 Å². The van der Waals surface area contributed by atoms with Crippen LogP contribution in [0.15, 0.2) is 5.16 Å². The van der Waals surface area contributed by atoms with Crippen LogP contribution in [0.25, 0.3) is 0 Å². The molecular formula is C9H15NO3S. The minimum atomic E-state index is -0.419. The van der Waals surface area contributed by atoms with Gasteiger partial charge in [0.05, 0.1) is 11.8 Å². The van der Waals surface area contributed by atoms with Gasteiger partial charge in [-0.2, -0.15) is 0 Å². The minimum Gasteiger partial charge on any atom is -0.462 e. The van der Waals surface area contributed by atoms with Crippen molar-refractivity contribution in [1.82, 2.24) is 0 Å². The van der Waals surface area contributed by atoms with Crippen molar-refractivity contribution in [2.24, 2.45) is 11.1 Å². The zero-order chi connectivity index (χ0) is 10.7. The molecule has 0 aliphatic carbocycles. The van der Waals surface area contributed by atoms with E-state index in [0.29, 0.717) is 5.71 Å². The summed E-state index contributed by atoms with van der Waals surface area (Å²) in [5.74, 6) is 0.647. The van der Waals surface area contributed by atoms with Crippen LogP contribution in [0, 0.1) is 5.92 Å². The maximum Gasteiger partial charge on any atom is 0.325 e. The Kier molecular flexibility index (Phi) is 3.80. The summed E-state index contributed by atoms with van der Waals surface area (Å²) >= 11 is 1.47. The van der Waals surface area contributed by atoms with Gasteiger partial charge in [0.15, 0.2) is 0 Å². The van der Waals surface area contributed by atoms with E-state index >= 15 is 0 Å². The van der Waals surface area contributed by atoms with Gasteiger partial charge in [-0.3, -0.25) is 4.79 Å². The summed E-state index contributed by atoms with van der Waals surface area (Å²) in [6.45, 7) is 5.54. The lowest BCUT2D eigenvalue weighted by molar-refractivity contribution is -0.145. The van der Waals surface area contributed by atoms with Gasteiger partial charge >= 0.3 is 5.97 Å². The van der Waals surface area contributed by atoms with Gasteiger partial charge in [-0.15, -0.1) is 11.8 Å². The van der Waals surface area contributed by atoms with E-state index in [1.165, 1.54) is 11.8 Å². The lowest BCUT2D eigenvalue weighted by Crippen LogP contribution is -2.29. The average Bonchev–Trinajstić information content (AvgIpc) is 2.45. The highest BCUT2D eigenvalue weighted by molar-refractivity contribution is 8.01. The predicted molar refractivity (Wildman–Crippen MR) is 55.9 cm³/mol. The third kappa shape index (κ3) is 2.41. The highest BCUT2D eigenvalue weighted by atomic mass is 32.2. The molecule has 1 N–H and O–H groups in total. The van der Waals surface area contributed by atoms with Gasteiger partial charge in [0.2, 0.25) is 0 Å². The molecule has 0 amide bonds. The average molecular weight is 217 g/mol. The van der Waals surface area contributed by atoms with E-state index < -0.39 is 5.25 Å². The fourth-order valence-corrected chi connectivity index (χ4v) is 2.60. The Hall–Kier alpha value is -0.710. The summed E-state index contributed by atoms with van der Waals surface area (Å²) in [7, 11) is 0. The SMILES string of the molecule is CC(C)OC(=O)C1SCC(C)C1=NO. The third-order valence-corrected chi connectivity index (χ3v) is 3.43. The predicted octanol–water partition coefficient (Wildman–Crippen LogP) is 1.52. The van der Waals surface area contributed by atoms with E-state index in [2.05, 4.69) is 5.16 Å². The molecule has 1 saturated heterocycles. The van der Waals surface area contributed by atoms with Crippen molar-refractivity contribution in [2.45, 2.75) is 32.1 Å². The van der Waals surface area contributed by atoms with E-state index in [9.17, 15) is 4.79 Å². The van der Waals surface area contributed by atoms with Gasteiger partial charge < -0.3 is 9.94 Å². The molecule has 0 aromatic carbocycles. The number of carbonyl (C=O) groups is 1. The summed E-state index contributed by atoms with van der Waals surface area (Å²) in [6, 6.07) is 0. The summed E-state index contributed by atoms with van der Waals surface area (Å²) in [5.41, 5.74) is 0.528. The molecule has 1 aliphatic rings. The molecule has 0 spiro atoms. The molecule has 4 nitrogen and oxygen atoms in total. The number of hydrogen-bond acceptors (Lipinski definition) is 5. The topological polar surface area (TPSA) is 58.9 Å². The maximum atomic E-state index is 11.5. The third-order valence-electron chi connectivity index (χ3n) is 1.97. The van der Waals surface area contributed by atoms with Crippen LogP contribution in [-0.2, 0) is 9.53 Å². The molecule has 1 heterocycles. The molecule has 0 aromatic heterocycles. The van der Waals surface area contributed by atoms with Crippen LogP contribution in [0.1, 0.15) is 20.8 Å². The quantitative estimate of drug-likeness (QED) is 0.433. The van der Waals surface area contributed by atoms with Gasteiger partial charge in [0.25, 0.3) is 0 Å². The van der Waals surface area contributed by atoms with Crippen molar-refractivity contribution < 1.29 is 14.7 Å². The molecule has 0 saturated carbocycles. The zero-order valence-corrected chi connectivity index (χ0v) is 9.37. The second-order valence-electron chi connectivity index (χ2n) is 3.62. The Bertz CT molecular complexity index is 252. The minimum absolute atomic E-state index is 0.126. The molecule has 0 aromatic rings. The van der Waals surface area contributed by atoms with Crippen molar-refractivity contribution in [3.63, 3.8) is 0 Å². The number of esters is 1. The molecule has 0 bridgehead atoms. The molecule has 0 radical (unpaired) electrons. The number of hydrogen-bond donors (Lipinski definition) is 1. The largest absolute Gasteiger partial charge is 0.462 e. The van der Waals surface area contributed by atoms with Crippen LogP contribution < -0.4 is 0 Å². The molecule has 5 heteroatoms. The van der Waals surface area contributed by atoms with Crippen molar-refractivity contribution in [3.8, 4) is 0 Å². The maximum absolute atomic E-state index is 11.5. The van der Waals surface area contributed by atoms with E-state index in [1.54, 1.807) is 13.8 Å². The molecule has 1 rings (SSSR count). The standard InChI is InChI=1S/C9H15NO3S/c1-5(2)13-9(11)8-7(10-12)6(3)4-14-8/h5-6,8,12H,4H2,1-3H3. The molecule has 2 atom stereocenters. The summed E-state index contributed by atoms with van der Waals surface area (Å²) < 4.78 is 5.06. The van der Waals surface area contributed by atoms with Gasteiger partial charge in [0.1, 0.15) is 5.25 Å². The number of rotatable bonds is 2. The molecular weight excluding hydrogens is 202 g/mol. The smallest absolute Gasteiger partial charge is 0.325 e. The fourth-order valence-electron chi connectivity index (χ4n) is 1.30. The molecule has 1 aliphatic heterocycles. The number of thioether (sulfide) groups is 1. The first-order valence-corrected chi connectivity index (χ1v) is 5.65. The zero-order valence-electron chi connectivity index (χ0n) is 8.56. The molecule has 80 valence electrons. The van der Waals surface area contributed by atoms with Crippen LogP contribution in [0.3, 0.4) is 0 Å². The van der Waals surface area contributed by atoms with Gasteiger partial charge in [-0.05, 0) is 13.8 Å². The first kappa shape index (κ1) is 11.4. The van der Waals surface area contributed by atoms with Crippen molar-refractivity contribution in [3.05, 3.63) is 0 Å². The van der Waals surface area contributed by atoms with E-state index in [0.717, 1.165) is 5.75 Å². The second-order valence-corrected chi connectivity index (χ2v) is 4.76. The number of oxime groups is 1. The highest BCUT2D eigenvalue weighted by Crippen LogP contribution is 2.29. The Labute approximate surface area is 87.7 Å². The number of carbonyl (C=O) groups excluding carboxylic acids is 1. The Morgan fingerprint density at radius 2 is 2.36 bits per heavy atom. The Balaban J connectivity index is 2.65. The fraction of sp³-hybridized carbons (Fsp3) is 0.778. The molecule has 1 fully saturated rings. The highest BCUT2D eigenvalue weighted by Gasteiger charge is 2.37. The van der Waals surface area contributed by atoms with Crippen LogP contribution in [0.2, 0.25) is 0 Å². The number of nitrogens with zero attached hydrogens (tertiary/aromatic N) is 1. The van der Waals surface area contributed by atoms with E-state index in [4.69, 9.17) is 9.94 Å². The van der Waals surface area contributed by atoms with Crippen LogP contribution in [0.5, 0.6) is 0 Å². The monoisotopic (exact) mass is 217 g/mol. The first-order valence-electron chi connectivity index (χ1n) is 4.60. The van der Waals surface area contributed by atoms with E-state index in [1.807, 2.05) is 6.92 Å². The van der Waals surface area contributed by atoms with Crippen LogP contribution >= 0.6 is 11.8 Å². The normalized spacial score (nSPS) is 29.9. The lowest BCUT2D eigenvalue weighted by Gasteiger charge is -2.12. The Morgan fingerprint density at radius 3 is 2.86 bits per heavy atom.